The molecule has 1 N–H and O–H groups in total. The molecule has 7 heteroatoms. The molecule has 0 aliphatic carbocycles. The number of piperidine rings is 1. The molecule has 2 aromatic carbocycles. The smallest absolute Gasteiger partial charge is 0.184 e. The van der Waals surface area contributed by atoms with E-state index in [0.717, 1.165) is 34.0 Å². The number of anilines is 1. The average molecular weight is 431 g/mol. The van der Waals surface area contributed by atoms with Gasteiger partial charge in [-0.05, 0) is 50.2 Å². The van der Waals surface area contributed by atoms with Gasteiger partial charge in [-0.3, -0.25) is 0 Å². The summed E-state index contributed by atoms with van der Waals surface area (Å²) in [6, 6.07) is 16.2. The van der Waals surface area contributed by atoms with Gasteiger partial charge in [-0.1, -0.05) is 53.6 Å². The second kappa shape index (κ2) is 9.65. The van der Waals surface area contributed by atoms with E-state index in [9.17, 15) is 0 Å². The summed E-state index contributed by atoms with van der Waals surface area (Å²) in [5.41, 5.74) is 2.08. The fourth-order valence-corrected chi connectivity index (χ4v) is 5.22. The summed E-state index contributed by atoms with van der Waals surface area (Å²) in [6.07, 6.45) is 4.13. The monoisotopic (exact) mass is 430 g/mol. The fourth-order valence-electron chi connectivity index (χ4n) is 3.30. The van der Waals surface area contributed by atoms with E-state index < -0.39 is 0 Å². The van der Waals surface area contributed by atoms with E-state index in [1.165, 1.54) is 48.4 Å². The summed E-state index contributed by atoms with van der Waals surface area (Å²) < 4.78 is 3.02. The molecule has 0 spiro atoms. The maximum absolute atomic E-state index is 5.69. The number of hydrogen-bond donors (Lipinski definition) is 1. The topological polar surface area (TPSA) is 41.1 Å². The predicted molar refractivity (Wildman–Crippen MR) is 123 cm³/mol. The van der Waals surface area contributed by atoms with Gasteiger partial charge in [0, 0.05) is 13.1 Å². The number of nitrogens with zero attached hydrogens (tertiary/aromatic N) is 3. The number of aromatic nitrogens is 2. The molecule has 0 radical (unpaired) electrons. The van der Waals surface area contributed by atoms with E-state index in [1.54, 1.807) is 11.3 Å². The van der Waals surface area contributed by atoms with Crippen LogP contribution in [-0.4, -0.2) is 41.0 Å². The van der Waals surface area contributed by atoms with Gasteiger partial charge >= 0.3 is 0 Å². The third kappa shape index (κ3) is 5.20. The Morgan fingerprint density at radius 1 is 0.857 bits per heavy atom. The van der Waals surface area contributed by atoms with Crippen molar-refractivity contribution in [3.8, 4) is 0 Å². The molecule has 146 valence electrons. The minimum atomic E-state index is 0.612. The molecule has 0 unspecified atom stereocenters. The lowest BCUT2D eigenvalue weighted by molar-refractivity contribution is 0.237. The number of fused-ring (bicyclic) bond motifs is 2. The summed E-state index contributed by atoms with van der Waals surface area (Å²) in [6.45, 7) is 4.67. The first-order valence-corrected chi connectivity index (χ1v) is 11.6. The highest BCUT2D eigenvalue weighted by atomic mass is 35.5. The van der Waals surface area contributed by atoms with Crippen LogP contribution < -0.4 is 5.32 Å². The molecule has 0 saturated carbocycles. The number of thiazole rings is 2. The SMILES string of the molecule is Clc1nc2ccccc2s1.c1ccc2sc(NCCN3CCCCC3)nc2c1. The lowest BCUT2D eigenvalue weighted by Gasteiger charge is -2.26. The van der Waals surface area contributed by atoms with Crippen LogP contribution >= 0.6 is 34.3 Å². The second-order valence-corrected chi connectivity index (χ2v) is 9.39. The van der Waals surface area contributed by atoms with Crippen molar-refractivity contribution in [2.75, 3.05) is 31.5 Å². The van der Waals surface area contributed by atoms with Crippen molar-refractivity contribution in [1.82, 2.24) is 14.9 Å². The van der Waals surface area contributed by atoms with E-state index in [0.29, 0.717) is 4.47 Å². The Labute approximate surface area is 178 Å². The number of likely N-dealkylation sites (tertiary alicyclic amines) is 1. The van der Waals surface area contributed by atoms with Crippen molar-refractivity contribution >= 4 is 59.8 Å². The maximum Gasteiger partial charge on any atom is 0.184 e. The number of hydrogen-bond acceptors (Lipinski definition) is 6. The Bertz CT molecular complexity index is 957. The van der Waals surface area contributed by atoms with Gasteiger partial charge in [0.2, 0.25) is 0 Å². The number of halogens is 1. The molecule has 1 saturated heterocycles. The summed E-state index contributed by atoms with van der Waals surface area (Å²) in [4.78, 5) is 11.2. The Kier molecular flexibility index (Phi) is 6.75. The van der Waals surface area contributed by atoms with Crippen LogP contribution in [0.3, 0.4) is 0 Å². The van der Waals surface area contributed by atoms with Crippen molar-refractivity contribution in [1.29, 1.82) is 0 Å². The van der Waals surface area contributed by atoms with E-state index in [-0.39, 0.29) is 0 Å². The van der Waals surface area contributed by atoms with Crippen LogP contribution in [0.15, 0.2) is 48.5 Å². The zero-order chi connectivity index (χ0) is 19.2. The summed E-state index contributed by atoms with van der Waals surface area (Å²) in [5.74, 6) is 0. The van der Waals surface area contributed by atoms with Crippen LogP contribution in [0.5, 0.6) is 0 Å². The zero-order valence-electron chi connectivity index (χ0n) is 15.6. The fraction of sp³-hybridized carbons (Fsp3) is 0.333. The van der Waals surface area contributed by atoms with Crippen LogP contribution in [0, 0.1) is 0 Å². The maximum atomic E-state index is 5.69. The molecule has 2 aromatic heterocycles. The van der Waals surface area contributed by atoms with Gasteiger partial charge in [0.25, 0.3) is 0 Å². The molecule has 1 fully saturated rings. The van der Waals surface area contributed by atoms with Gasteiger partial charge < -0.3 is 10.2 Å². The minimum Gasteiger partial charge on any atom is -0.360 e. The van der Waals surface area contributed by atoms with E-state index in [1.807, 2.05) is 30.3 Å². The summed E-state index contributed by atoms with van der Waals surface area (Å²) >= 11 is 8.94. The molecule has 1 aliphatic heterocycles. The third-order valence-electron chi connectivity index (χ3n) is 4.71. The normalized spacial score (nSPS) is 14.8. The van der Waals surface area contributed by atoms with E-state index in [4.69, 9.17) is 11.6 Å². The zero-order valence-corrected chi connectivity index (χ0v) is 18.0. The molecule has 0 bridgehead atoms. The van der Waals surface area contributed by atoms with Crippen LogP contribution in [0.1, 0.15) is 19.3 Å². The minimum absolute atomic E-state index is 0.612. The Balaban J connectivity index is 0.000000162. The number of benzene rings is 2. The average Bonchev–Trinajstić information content (AvgIpc) is 3.31. The predicted octanol–water partition coefficient (Wildman–Crippen LogP) is 6.14. The largest absolute Gasteiger partial charge is 0.360 e. The quantitative estimate of drug-likeness (QED) is 0.422. The molecular formula is C21H23ClN4S2. The Morgan fingerprint density at radius 2 is 1.50 bits per heavy atom. The molecular weight excluding hydrogens is 408 g/mol. The first-order valence-electron chi connectivity index (χ1n) is 9.61. The van der Waals surface area contributed by atoms with Crippen LogP contribution in [0.25, 0.3) is 20.4 Å². The van der Waals surface area contributed by atoms with Gasteiger partial charge in [0.15, 0.2) is 9.60 Å². The van der Waals surface area contributed by atoms with Crippen molar-refractivity contribution in [3.05, 3.63) is 53.0 Å². The van der Waals surface area contributed by atoms with Crippen molar-refractivity contribution in [3.63, 3.8) is 0 Å². The number of para-hydroxylation sites is 2. The first-order chi connectivity index (χ1) is 13.8. The summed E-state index contributed by atoms with van der Waals surface area (Å²) in [5, 5.41) is 4.50. The van der Waals surface area contributed by atoms with Crippen molar-refractivity contribution < 1.29 is 0 Å². The van der Waals surface area contributed by atoms with Crippen LogP contribution in [-0.2, 0) is 0 Å². The number of rotatable bonds is 4. The molecule has 5 rings (SSSR count). The van der Waals surface area contributed by atoms with Crippen molar-refractivity contribution in [2.24, 2.45) is 0 Å². The second-order valence-electron chi connectivity index (χ2n) is 6.75. The van der Waals surface area contributed by atoms with Gasteiger partial charge in [0.1, 0.15) is 0 Å². The van der Waals surface area contributed by atoms with Crippen LogP contribution in [0.2, 0.25) is 4.47 Å². The number of nitrogens with one attached hydrogen (secondary N) is 1. The molecule has 4 aromatic rings. The third-order valence-corrected chi connectivity index (χ3v) is 6.85. The van der Waals surface area contributed by atoms with Gasteiger partial charge in [-0.2, -0.15) is 0 Å². The highest BCUT2D eigenvalue weighted by Crippen LogP contribution is 2.25. The van der Waals surface area contributed by atoms with Gasteiger partial charge in [0.05, 0.1) is 20.4 Å². The molecule has 0 atom stereocenters. The standard InChI is InChI=1S/C14H19N3S.C7H4ClNS/c1-4-9-17(10-5-1)11-8-15-14-16-12-6-2-3-7-13(12)18-14;8-7-9-5-3-1-2-4-6(5)10-7/h2-3,6-7H,1,4-5,8-11H2,(H,15,16);1-4H. The lowest BCUT2D eigenvalue weighted by atomic mass is 10.1. The molecule has 3 heterocycles. The Hall–Kier alpha value is -1.73. The van der Waals surface area contributed by atoms with E-state index in [2.05, 4.69) is 38.4 Å². The molecule has 0 amide bonds. The first kappa shape index (κ1) is 19.6. The highest BCUT2D eigenvalue weighted by Gasteiger charge is 2.09. The molecule has 1 aliphatic rings. The lowest BCUT2D eigenvalue weighted by Crippen LogP contribution is -2.33. The van der Waals surface area contributed by atoms with Crippen molar-refractivity contribution in [2.45, 2.75) is 19.3 Å². The highest BCUT2D eigenvalue weighted by molar-refractivity contribution is 7.22. The van der Waals surface area contributed by atoms with Crippen LogP contribution in [0.4, 0.5) is 5.13 Å². The van der Waals surface area contributed by atoms with E-state index >= 15 is 0 Å². The molecule has 4 nitrogen and oxygen atoms in total. The molecule has 28 heavy (non-hydrogen) atoms. The van der Waals surface area contributed by atoms with Gasteiger partial charge in [-0.25, -0.2) is 9.97 Å². The van der Waals surface area contributed by atoms with Gasteiger partial charge in [-0.15, -0.1) is 11.3 Å². The summed E-state index contributed by atoms with van der Waals surface area (Å²) in [7, 11) is 0. The Morgan fingerprint density at radius 3 is 2.18 bits per heavy atom.